The molecule has 3 rings (SSSR count). The van der Waals surface area contributed by atoms with Gasteiger partial charge in [0.1, 0.15) is 5.82 Å². The Bertz CT molecular complexity index is 875. The monoisotopic (exact) mass is 370 g/mol. The molecule has 1 amide bonds. The molecule has 0 aliphatic rings. The minimum Gasteiger partial charge on any atom is -0.383 e. The van der Waals surface area contributed by atoms with Crippen LogP contribution in [0.15, 0.2) is 42.9 Å². The Hall–Kier alpha value is -3.04. The second-order valence-corrected chi connectivity index (χ2v) is 5.79. The number of aromatic nitrogens is 4. The van der Waals surface area contributed by atoms with Gasteiger partial charge < -0.3 is 19.7 Å². The number of pyridine rings is 1. The van der Waals surface area contributed by atoms with Gasteiger partial charge in [-0.15, -0.1) is 5.10 Å². The third kappa shape index (κ3) is 4.78. The number of carbonyl (C=O) groups excluding carboxylic acids is 1. The number of amides is 1. The quantitative estimate of drug-likeness (QED) is 0.610. The summed E-state index contributed by atoms with van der Waals surface area (Å²) in [4.78, 5) is 22.6. The molecule has 1 N–H and O–H groups in total. The first-order valence-electron chi connectivity index (χ1n) is 8.52. The number of rotatable bonds is 9. The molecule has 9 heteroatoms. The van der Waals surface area contributed by atoms with Crippen LogP contribution in [-0.4, -0.2) is 66.0 Å². The molecule has 0 aliphatic carbocycles. The number of nitrogens with one attached hydrogen (secondary N) is 1. The average Bonchev–Trinajstić information content (AvgIpc) is 3.10. The second-order valence-electron chi connectivity index (χ2n) is 5.79. The van der Waals surface area contributed by atoms with Crippen LogP contribution in [0, 0.1) is 0 Å². The number of fused-ring (bicyclic) bond motifs is 1. The Kier molecular flexibility index (Phi) is 6.29. The van der Waals surface area contributed by atoms with Gasteiger partial charge in [0, 0.05) is 39.7 Å². The molecule has 0 fully saturated rings. The predicted octanol–water partition coefficient (Wildman–Crippen LogP) is 1.48. The molecule has 0 saturated carbocycles. The van der Waals surface area contributed by atoms with Crippen LogP contribution in [0.1, 0.15) is 10.4 Å². The summed E-state index contributed by atoms with van der Waals surface area (Å²) in [5.41, 5.74) is 1.10. The highest BCUT2D eigenvalue weighted by Crippen LogP contribution is 2.15. The topological polar surface area (TPSA) is 93.9 Å². The molecule has 3 aromatic heterocycles. The maximum atomic E-state index is 12.2. The van der Waals surface area contributed by atoms with E-state index < -0.39 is 0 Å². The Morgan fingerprint density at radius 1 is 1.19 bits per heavy atom. The highest BCUT2D eigenvalue weighted by Gasteiger charge is 2.12. The molecule has 0 atom stereocenters. The highest BCUT2D eigenvalue weighted by molar-refractivity contribution is 6.03. The van der Waals surface area contributed by atoms with Gasteiger partial charge in [-0.2, -0.15) is 0 Å². The van der Waals surface area contributed by atoms with Crippen molar-refractivity contribution in [3.8, 4) is 0 Å². The first-order valence-corrected chi connectivity index (χ1v) is 8.52. The summed E-state index contributed by atoms with van der Waals surface area (Å²) in [6.07, 6.45) is 4.80. The first-order chi connectivity index (χ1) is 13.2. The van der Waals surface area contributed by atoms with Crippen molar-refractivity contribution < 1.29 is 14.3 Å². The van der Waals surface area contributed by atoms with Gasteiger partial charge in [-0.25, -0.2) is 9.50 Å². The zero-order chi connectivity index (χ0) is 19.1. The highest BCUT2D eigenvalue weighted by atomic mass is 16.5. The van der Waals surface area contributed by atoms with Gasteiger partial charge in [-0.3, -0.25) is 9.78 Å². The van der Waals surface area contributed by atoms with Crippen molar-refractivity contribution in [3.63, 3.8) is 0 Å². The third-order valence-corrected chi connectivity index (χ3v) is 3.93. The zero-order valence-electron chi connectivity index (χ0n) is 15.3. The van der Waals surface area contributed by atoms with Crippen LogP contribution < -0.4 is 10.2 Å². The van der Waals surface area contributed by atoms with E-state index >= 15 is 0 Å². The summed E-state index contributed by atoms with van der Waals surface area (Å²) in [6, 6.07) is 7.15. The van der Waals surface area contributed by atoms with Crippen molar-refractivity contribution in [1.82, 2.24) is 19.6 Å². The fourth-order valence-electron chi connectivity index (χ4n) is 2.53. The van der Waals surface area contributed by atoms with Gasteiger partial charge in [0.2, 0.25) is 0 Å². The van der Waals surface area contributed by atoms with Crippen LogP contribution in [-0.2, 0) is 9.47 Å². The van der Waals surface area contributed by atoms with Crippen LogP contribution in [0.4, 0.5) is 11.6 Å². The van der Waals surface area contributed by atoms with Crippen molar-refractivity contribution >= 4 is 23.2 Å². The van der Waals surface area contributed by atoms with Gasteiger partial charge in [0.25, 0.3) is 5.91 Å². The molecular formula is C18H22N6O3. The zero-order valence-corrected chi connectivity index (χ0v) is 15.3. The minimum atomic E-state index is -0.270. The summed E-state index contributed by atoms with van der Waals surface area (Å²) in [6.45, 7) is 2.55. The summed E-state index contributed by atoms with van der Waals surface area (Å²) in [5, 5.41) is 7.35. The lowest BCUT2D eigenvalue weighted by atomic mass is 10.3. The van der Waals surface area contributed by atoms with E-state index in [1.807, 2.05) is 12.1 Å². The van der Waals surface area contributed by atoms with Crippen molar-refractivity contribution in [2.24, 2.45) is 0 Å². The van der Waals surface area contributed by atoms with Crippen molar-refractivity contribution in [2.75, 3.05) is 50.7 Å². The molecule has 0 spiro atoms. The Labute approximate surface area is 156 Å². The molecular weight excluding hydrogens is 348 g/mol. The van der Waals surface area contributed by atoms with Crippen LogP contribution in [0.3, 0.4) is 0 Å². The fourth-order valence-corrected chi connectivity index (χ4v) is 2.53. The van der Waals surface area contributed by atoms with E-state index in [0.29, 0.717) is 43.3 Å². The number of anilines is 2. The Balaban J connectivity index is 1.78. The maximum Gasteiger partial charge on any atom is 0.258 e. The molecule has 142 valence electrons. The van der Waals surface area contributed by atoms with E-state index in [1.54, 1.807) is 43.3 Å². The van der Waals surface area contributed by atoms with Crippen LogP contribution in [0.5, 0.6) is 0 Å². The van der Waals surface area contributed by atoms with E-state index in [0.717, 1.165) is 5.82 Å². The summed E-state index contributed by atoms with van der Waals surface area (Å²) < 4.78 is 12.0. The SMILES string of the molecule is COCCN(CCOC)c1ccc2nc(NC(=O)c3cccnc3)cn2n1. The molecule has 0 bridgehead atoms. The normalized spacial score (nSPS) is 10.9. The smallest absolute Gasteiger partial charge is 0.258 e. The number of ether oxygens (including phenoxy) is 2. The molecule has 3 heterocycles. The molecule has 3 aromatic rings. The van der Waals surface area contributed by atoms with E-state index in [-0.39, 0.29) is 5.91 Å². The Morgan fingerprint density at radius 3 is 2.63 bits per heavy atom. The number of nitrogens with zero attached hydrogens (tertiary/aromatic N) is 5. The second kappa shape index (κ2) is 9.06. The van der Waals surface area contributed by atoms with Gasteiger partial charge in [-0.05, 0) is 24.3 Å². The molecule has 0 radical (unpaired) electrons. The summed E-state index contributed by atoms with van der Waals surface area (Å²) >= 11 is 0. The lowest BCUT2D eigenvalue weighted by Gasteiger charge is -2.22. The lowest BCUT2D eigenvalue weighted by molar-refractivity contribution is 0.102. The number of methoxy groups -OCH3 is 2. The molecule has 27 heavy (non-hydrogen) atoms. The van der Waals surface area contributed by atoms with E-state index in [9.17, 15) is 4.79 Å². The maximum absolute atomic E-state index is 12.2. The lowest BCUT2D eigenvalue weighted by Crippen LogP contribution is -2.31. The van der Waals surface area contributed by atoms with Crippen LogP contribution in [0.25, 0.3) is 5.65 Å². The Morgan fingerprint density at radius 2 is 1.96 bits per heavy atom. The third-order valence-electron chi connectivity index (χ3n) is 3.93. The standard InChI is InChI=1S/C18H22N6O3/c1-26-10-8-23(9-11-27-2)17-6-5-16-20-15(13-24(16)22-17)21-18(25)14-4-3-7-19-12-14/h3-7,12-13H,8-11H2,1-2H3,(H,21,25). The van der Waals surface area contributed by atoms with Gasteiger partial charge in [0.05, 0.1) is 25.0 Å². The summed E-state index contributed by atoms with van der Waals surface area (Å²) in [7, 11) is 3.33. The van der Waals surface area contributed by atoms with Gasteiger partial charge >= 0.3 is 0 Å². The largest absolute Gasteiger partial charge is 0.383 e. The van der Waals surface area contributed by atoms with Crippen molar-refractivity contribution in [2.45, 2.75) is 0 Å². The molecule has 9 nitrogen and oxygen atoms in total. The minimum absolute atomic E-state index is 0.270. The number of imidazole rings is 1. The van der Waals surface area contributed by atoms with E-state index in [4.69, 9.17) is 9.47 Å². The van der Waals surface area contributed by atoms with Gasteiger partial charge in [0.15, 0.2) is 11.5 Å². The first kappa shape index (κ1) is 18.7. The number of hydrogen-bond donors (Lipinski definition) is 1. The number of hydrogen-bond acceptors (Lipinski definition) is 7. The average molecular weight is 370 g/mol. The van der Waals surface area contributed by atoms with Crippen molar-refractivity contribution in [1.29, 1.82) is 0 Å². The van der Waals surface area contributed by atoms with E-state index in [1.165, 1.54) is 6.20 Å². The summed E-state index contributed by atoms with van der Waals surface area (Å²) in [5.74, 6) is 0.932. The number of carbonyl (C=O) groups is 1. The van der Waals surface area contributed by atoms with Crippen LogP contribution in [0.2, 0.25) is 0 Å². The van der Waals surface area contributed by atoms with Gasteiger partial charge in [-0.1, -0.05) is 0 Å². The van der Waals surface area contributed by atoms with Crippen LogP contribution >= 0.6 is 0 Å². The molecule has 0 unspecified atom stereocenters. The predicted molar refractivity (Wildman–Crippen MR) is 101 cm³/mol. The molecule has 0 saturated heterocycles. The fraction of sp³-hybridized carbons (Fsp3) is 0.333. The molecule has 0 aliphatic heterocycles. The molecule has 0 aromatic carbocycles. The van der Waals surface area contributed by atoms with E-state index in [2.05, 4.69) is 25.3 Å². The van der Waals surface area contributed by atoms with Crippen molar-refractivity contribution in [3.05, 3.63) is 48.4 Å².